The third-order valence-electron chi connectivity index (χ3n) is 10.4. The Morgan fingerprint density at radius 2 is 1.00 bits per heavy atom. The van der Waals surface area contributed by atoms with Gasteiger partial charge in [0.15, 0.2) is 5.65 Å². The van der Waals surface area contributed by atoms with Crippen molar-refractivity contribution in [1.82, 2.24) is 24.1 Å². The van der Waals surface area contributed by atoms with Crippen molar-refractivity contribution in [2.24, 2.45) is 0 Å². The Morgan fingerprint density at radius 1 is 0.385 bits per heavy atom. The standard InChI is InChI=1S/C47H29N5/c1-3-14-30(15-4-1)44-38-22-13-27-48-46(38)50-47(49-44)52-42-24-12-9-19-34(42)36-26-25-31(28-43(36)52)39-29-40-35-20-10-11-23-41(35)51(32-16-5-2-6-17-32)45(40)37-21-8-7-18-33(37)39/h1-29H. The lowest BCUT2D eigenvalue weighted by Crippen LogP contribution is -2.04. The van der Waals surface area contributed by atoms with Gasteiger partial charge in [-0.1, -0.05) is 121 Å². The first-order valence-electron chi connectivity index (χ1n) is 17.5. The maximum atomic E-state index is 5.28. The van der Waals surface area contributed by atoms with Crippen molar-refractivity contribution in [3.63, 3.8) is 0 Å². The maximum Gasteiger partial charge on any atom is 0.237 e. The zero-order chi connectivity index (χ0) is 34.2. The van der Waals surface area contributed by atoms with Crippen LogP contribution in [0.3, 0.4) is 0 Å². The summed E-state index contributed by atoms with van der Waals surface area (Å²) in [7, 11) is 0. The third-order valence-corrected chi connectivity index (χ3v) is 10.4. The second kappa shape index (κ2) is 11.2. The molecule has 0 spiro atoms. The summed E-state index contributed by atoms with van der Waals surface area (Å²) in [5, 5.41) is 8.10. The molecule has 11 rings (SSSR count). The highest BCUT2D eigenvalue weighted by Crippen LogP contribution is 2.43. The van der Waals surface area contributed by atoms with E-state index in [9.17, 15) is 0 Å². The molecule has 0 aliphatic carbocycles. The highest BCUT2D eigenvalue weighted by molar-refractivity contribution is 6.22. The van der Waals surface area contributed by atoms with E-state index in [0.717, 1.165) is 49.7 Å². The van der Waals surface area contributed by atoms with Gasteiger partial charge in [-0.3, -0.25) is 4.57 Å². The molecular weight excluding hydrogens is 635 g/mol. The van der Waals surface area contributed by atoms with E-state index >= 15 is 0 Å². The molecule has 7 aromatic carbocycles. The first kappa shape index (κ1) is 28.7. The minimum Gasteiger partial charge on any atom is -0.309 e. The van der Waals surface area contributed by atoms with Crippen LogP contribution in [0.2, 0.25) is 0 Å². The number of aromatic nitrogens is 5. The van der Waals surface area contributed by atoms with Crippen LogP contribution in [0.4, 0.5) is 0 Å². The van der Waals surface area contributed by atoms with Gasteiger partial charge in [0.25, 0.3) is 0 Å². The largest absolute Gasteiger partial charge is 0.309 e. The molecular formula is C47H29N5. The van der Waals surface area contributed by atoms with Crippen molar-refractivity contribution in [2.75, 3.05) is 0 Å². The van der Waals surface area contributed by atoms with E-state index in [4.69, 9.17) is 15.0 Å². The van der Waals surface area contributed by atoms with Crippen LogP contribution < -0.4 is 0 Å². The number of nitrogens with zero attached hydrogens (tertiary/aromatic N) is 5. The second-order valence-corrected chi connectivity index (χ2v) is 13.3. The molecule has 0 saturated heterocycles. The molecule has 5 heteroatoms. The summed E-state index contributed by atoms with van der Waals surface area (Å²) in [5.41, 5.74) is 10.5. The molecule has 0 bridgehead atoms. The van der Waals surface area contributed by atoms with E-state index in [0.29, 0.717) is 11.6 Å². The highest BCUT2D eigenvalue weighted by atomic mass is 15.2. The van der Waals surface area contributed by atoms with Crippen molar-refractivity contribution < 1.29 is 0 Å². The van der Waals surface area contributed by atoms with Gasteiger partial charge < -0.3 is 4.57 Å². The van der Waals surface area contributed by atoms with Gasteiger partial charge in [-0.25, -0.2) is 9.97 Å². The minimum absolute atomic E-state index is 0.597. The zero-order valence-electron chi connectivity index (χ0n) is 28.0. The van der Waals surface area contributed by atoms with Gasteiger partial charge in [0.05, 0.1) is 27.8 Å². The van der Waals surface area contributed by atoms with Crippen LogP contribution in [-0.4, -0.2) is 24.1 Å². The highest BCUT2D eigenvalue weighted by Gasteiger charge is 2.21. The van der Waals surface area contributed by atoms with Crippen LogP contribution in [0.15, 0.2) is 176 Å². The van der Waals surface area contributed by atoms with E-state index < -0.39 is 0 Å². The Kier molecular flexibility index (Phi) is 6.18. The summed E-state index contributed by atoms with van der Waals surface area (Å²) < 4.78 is 4.62. The molecule has 52 heavy (non-hydrogen) atoms. The molecule has 4 aromatic heterocycles. The smallest absolute Gasteiger partial charge is 0.237 e. The zero-order valence-corrected chi connectivity index (χ0v) is 28.0. The fraction of sp³-hybridized carbons (Fsp3) is 0. The molecule has 242 valence electrons. The number of pyridine rings is 1. The Hall–Kier alpha value is -7.11. The molecule has 0 N–H and O–H groups in total. The first-order chi connectivity index (χ1) is 25.8. The monoisotopic (exact) mass is 663 g/mol. The number of rotatable bonds is 4. The summed E-state index contributed by atoms with van der Waals surface area (Å²) in [6.45, 7) is 0. The summed E-state index contributed by atoms with van der Waals surface area (Å²) in [5.74, 6) is 0.597. The van der Waals surface area contributed by atoms with Crippen molar-refractivity contribution in [1.29, 1.82) is 0 Å². The van der Waals surface area contributed by atoms with Crippen LogP contribution >= 0.6 is 0 Å². The maximum absolute atomic E-state index is 5.28. The van der Waals surface area contributed by atoms with Crippen molar-refractivity contribution in [3.05, 3.63) is 176 Å². The van der Waals surface area contributed by atoms with Gasteiger partial charge in [-0.2, -0.15) is 4.98 Å². The molecule has 0 fully saturated rings. The average molecular weight is 664 g/mol. The van der Waals surface area contributed by atoms with Crippen LogP contribution in [0, 0.1) is 0 Å². The molecule has 0 aliphatic heterocycles. The van der Waals surface area contributed by atoms with E-state index in [-0.39, 0.29) is 0 Å². The van der Waals surface area contributed by atoms with Crippen molar-refractivity contribution in [2.45, 2.75) is 0 Å². The number of benzene rings is 7. The van der Waals surface area contributed by atoms with E-state index in [1.54, 1.807) is 6.20 Å². The molecule has 11 aromatic rings. The SMILES string of the molecule is c1ccc(-c2nc(-n3c4ccccc4c4ccc(-c5cc6c7ccccc7n(-c7ccccc7)c6c6ccccc56)cc43)nc3ncccc23)cc1. The molecule has 0 unspecified atom stereocenters. The van der Waals surface area contributed by atoms with Crippen LogP contribution in [0.25, 0.3) is 99.4 Å². The van der Waals surface area contributed by atoms with Gasteiger partial charge in [0.1, 0.15) is 0 Å². The number of hydrogen-bond acceptors (Lipinski definition) is 3. The Bertz CT molecular complexity index is 3180. The predicted molar refractivity (Wildman–Crippen MR) is 214 cm³/mol. The molecule has 0 amide bonds. The Balaban J connectivity index is 1.22. The van der Waals surface area contributed by atoms with Gasteiger partial charge in [0, 0.05) is 49.8 Å². The van der Waals surface area contributed by atoms with E-state index in [1.165, 1.54) is 38.1 Å². The summed E-state index contributed by atoms with van der Waals surface area (Å²) in [6.07, 6.45) is 1.80. The van der Waals surface area contributed by atoms with Crippen LogP contribution in [0.1, 0.15) is 0 Å². The Labute approximate surface area is 298 Å². The van der Waals surface area contributed by atoms with Gasteiger partial charge in [-0.05, 0) is 65.0 Å². The van der Waals surface area contributed by atoms with E-state index in [1.807, 2.05) is 24.3 Å². The topological polar surface area (TPSA) is 48.5 Å². The summed E-state index contributed by atoms with van der Waals surface area (Å²) in [6, 6.07) is 60.3. The summed E-state index contributed by atoms with van der Waals surface area (Å²) in [4.78, 5) is 15.1. The fourth-order valence-corrected chi connectivity index (χ4v) is 8.13. The predicted octanol–water partition coefficient (Wildman–Crippen LogP) is 11.7. The van der Waals surface area contributed by atoms with E-state index in [2.05, 4.69) is 155 Å². The molecule has 5 nitrogen and oxygen atoms in total. The van der Waals surface area contributed by atoms with Crippen molar-refractivity contribution >= 4 is 65.4 Å². The lowest BCUT2D eigenvalue weighted by Gasteiger charge is -2.14. The van der Waals surface area contributed by atoms with Crippen molar-refractivity contribution in [3.8, 4) is 34.0 Å². The molecule has 0 radical (unpaired) electrons. The lowest BCUT2D eigenvalue weighted by molar-refractivity contribution is 1.00. The number of fused-ring (bicyclic) bond motifs is 9. The number of para-hydroxylation sites is 3. The fourth-order valence-electron chi connectivity index (χ4n) is 8.13. The van der Waals surface area contributed by atoms with Gasteiger partial charge >= 0.3 is 0 Å². The van der Waals surface area contributed by atoms with Gasteiger partial charge in [0.2, 0.25) is 5.95 Å². The van der Waals surface area contributed by atoms with Crippen LogP contribution in [-0.2, 0) is 0 Å². The lowest BCUT2D eigenvalue weighted by atomic mass is 9.94. The average Bonchev–Trinajstić information content (AvgIpc) is 3.73. The van der Waals surface area contributed by atoms with Gasteiger partial charge in [-0.15, -0.1) is 0 Å². The minimum atomic E-state index is 0.597. The second-order valence-electron chi connectivity index (χ2n) is 13.3. The Morgan fingerprint density at radius 3 is 1.79 bits per heavy atom. The molecule has 0 saturated carbocycles. The number of hydrogen-bond donors (Lipinski definition) is 0. The normalized spacial score (nSPS) is 11.8. The first-order valence-corrected chi connectivity index (χ1v) is 17.5. The molecule has 0 atom stereocenters. The quantitative estimate of drug-likeness (QED) is 0.188. The summed E-state index contributed by atoms with van der Waals surface area (Å²) >= 11 is 0. The molecule has 0 aliphatic rings. The van der Waals surface area contributed by atoms with Crippen LogP contribution in [0.5, 0.6) is 0 Å². The molecule has 4 heterocycles. The third kappa shape index (κ3) is 4.20.